The molecule has 1 N–H and O–H groups in total. The van der Waals surface area contributed by atoms with Gasteiger partial charge in [-0.3, -0.25) is 4.79 Å². The van der Waals surface area contributed by atoms with Crippen LogP contribution in [-0.2, 0) is 6.42 Å². The van der Waals surface area contributed by atoms with Crippen LogP contribution in [0.2, 0.25) is 0 Å². The Labute approximate surface area is 176 Å². The summed E-state index contributed by atoms with van der Waals surface area (Å²) in [5, 5.41) is 2.91. The lowest BCUT2D eigenvalue weighted by Gasteiger charge is -2.09. The molecule has 0 bridgehead atoms. The van der Waals surface area contributed by atoms with Crippen LogP contribution in [0.4, 0.5) is 5.69 Å². The smallest absolute Gasteiger partial charge is 0.255 e. The van der Waals surface area contributed by atoms with Crippen LogP contribution in [0.15, 0.2) is 75.6 Å². The number of benzene rings is 3. The van der Waals surface area contributed by atoms with Gasteiger partial charge in [0.1, 0.15) is 11.3 Å². The molecule has 0 aliphatic heterocycles. The maximum Gasteiger partial charge on any atom is 0.255 e. The van der Waals surface area contributed by atoms with Crippen molar-refractivity contribution < 1.29 is 13.9 Å². The van der Waals surface area contributed by atoms with E-state index in [0.717, 1.165) is 10.0 Å². The van der Waals surface area contributed by atoms with E-state index in [1.54, 1.807) is 24.3 Å². The Hall–Kier alpha value is -3.12. The average Bonchev–Trinajstić information content (AvgIpc) is 3.12. The molecule has 0 aliphatic carbocycles. The quantitative estimate of drug-likeness (QED) is 0.401. The van der Waals surface area contributed by atoms with E-state index in [1.807, 2.05) is 49.4 Å². The van der Waals surface area contributed by atoms with Gasteiger partial charge in [-0.15, -0.1) is 0 Å². The fourth-order valence-corrected chi connectivity index (χ4v) is 3.51. The molecule has 146 valence electrons. The summed E-state index contributed by atoms with van der Waals surface area (Å²) in [6, 6.07) is 20.7. The van der Waals surface area contributed by atoms with Crippen molar-refractivity contribution in [1.82, 2.24) is 4.98 Å². The van der Waals surface area contributed by atoms with Gasteiger partial charge in [-0.05, 0) is 64.8 Å². The first-order valence-corrected chi connectivity index (χ1v) is 10.1. The van der Waals surface area contributed by atoms with E-state index in [-0.39, 0.29) is 5.91 Å². The molecule has 4 rings (SSSR count). The second-order valence-corrected chi connectivity index (χ2v) is 7.34. The Kier molecular flexibility index (Phi) is 5.62. The minimum Gasteiger partial charge on any atom is -0.493 e. The topological polar surface area (TPSA) is 64.4 Å². The zero-order valence-corrected chi connectivity index (χ0v) is 17.4. The molecule has 0 atom stereocenters. The predicted octanol–water partition coefficient (Wildman–Crippen LogP) is 5.83. The van der Waals surface area contributed by atoms with Gasteiger partial charge in [0.2, 0.25) is 0 Å². The molecular formula is C23H19BrN2O3. The Morgan fingerprint density at radius 1 is 1.10 bits per heavy atom. The van der Waals surface area contributed by atoms with Gasteiger partial charge in [0.15, 0.2) is 11.5 Å². The number of rotatable bonds is 6. The monoisotopic (exact) mass is 450 g/mol. The number of ether oxygens (including phenoxy) is 1. The van der Waals surface area contributed by atoms with Crippen LogP contribution in [0.3, 0.4) is 0 Å². The highest BCUT2D eigenvalue weighted by Crippen LogP contribution is 2.27. The molecular weight excluding hydrogens is 432 g/mol. The summed E-state index contributed by atoms with van der Waals surface area (Å²) in [6.45, 7) is 2.48. The number of carbonyl (C=O) groups excluding carboxylic acids is 1. The average molecular weight is 451 g/mol. The number of anilines is 1. The third-order valence-electron chi connectivity index (χ3n) is 4.38. The number of hydrogen-bond donors (Lipinski definition) is 1. The van der Waals surface area contributed by atoms with Gasteiger partial charge in [-0.2, -0.15) is 0 Å². The van der Waals surface area contributed by atoms with E-state index < -0.39 is 0 Å². The van der Waals surface area contributed by atoms with Gasteiger partial charge in [-0.1, -0.05) is 30.3 Å². The molecule has 0 unspecified atom stereocenters. The van der Waals surface area contributed by atoms with Crippen LogP contribution < -0.4 is 10.1 Å². The van der Waals surface area contributed by atoms with Gasteiger partial charge in [0.25, 0.3) is 5.91 Å². The van der Waals surface area contributed by atoms with Crippen LogP contribution in [0, 0.1) is 0 Å². The maximum absolute atomic E-state index is 12.6. The molecule has 0 aliphatic rings. The molecule has 0 radical (unpaired) electrons. The molecule has 0 fully saturated rings. The number of oxazole rings is 1. The highest BCUT2D eigenvalue weighted by molar-refractivity contribution is 9.10. The number of nitrogens with one attached hydrogen (secondary N) is 1. The first-order chi connectivity index (χ1) is 14.1. The fourth-order valence-electron chi connectivity index (χ4n) is 3.02. The third-order valence-corrected chi connectivity index (χ3v) is 5.00. The minimum atomic E-state index is -0.207. The highest BCUT2D eigenvalue weighted by atomic mass is 79.9. The summed E-state index contributed by atoms with van der Waals surface area (Å²) in [5.41, 5.74) is 3.73. The minimum absolute atomic E-state index is 0.207. The van der Waals surface area contributed by atoms with E-state index in [2.05, 4.69) is 26.2 Å². The third kappa shape index (κ3) is 4.49. The van der Waals surface area contributed by atoms with E-state index in [9.17, 15) is 4.79 Å². The second-order valence-electron chi connectivity index (χ2n) is 6.48. The number of fused-ring (bicyclic) bond motifs is 1. The van der Waals surface area contributed by atoms with Crippen LogP contribution >= 0.6 is 15.9 Å². The van der Waals surface area contributed by atoms with Crippen molar-refractivity contribution in [2.75, 3.05) is 11.9 Å². The molecule has 5 nitrogen and oxygen atoms in total. The van der Waals surface area contributed by atoms with Crippen LogP contribution in [0.5, 0.6) is 5.75 Å². The molecule has 6 heteroatoms. The van der Waals surface area contributed by atoms with Crippen molar-refractivity contribution in [2.45, 2.75) is 13.3 Å². The van der Waals surface area contributed by atoms with Crippen LogP contribution in [0.25, 0.3) is 11.1 Å². The Bertz CT molecular complexity index is 1160. The summed E-state index contributed by atoms with van der Waals surface area (Å²) in [5.74, 6) is 1.14. The first kappa shape index (κ1) is 19.2. The fraction of sp³-hybridized carbons (Fsp3) is 0.130. The van der Waals surface area contributed by atoms with Gasteiger partial charge < -0.3 is 14.5 Å². The van der Waals surface area contributed by atoms with Crippen LogP contribution in [0.1, 0.15) is 28.7 Å². The Balaban J connectivity index is 1.50. The van der Waals surface area contributed by atoms with Crippen LogP contribution in [-0.4, -0.2) is 17.5 Å². The number of aromatic nitrogens is 1. The van der Waals surface area contributed by atoms with Crippen molar-refractivity contribution in [1.29, 1.82) is 0 Å². The number of nitrogens with zero attached hydrogens (tertiary/aromatic N) is 1. The van der Waals surface area contributed by atoms with E-state index in [0.29, 0.717) is 47.0 Å². The lowest BCUT2D eigenvalue weighted by molar-refractivity contribution is 0.102. The number of amides is 1. The Morgan fingerprint density at radius 2 is 1.93 bits per heavy atom. The lowest BCUT2D eigenvalue weighted by Crippen LogP contribution is -2.12. The SMILES string of the molecule is CCOc1ccc(C(=O)Nc2ccc3oc(Cc4ccccc4)nc3c2)cc1Br. The van der Waals surface area contributed by atoms with Gasteiger partial charge in [0, 0.05) is 17.7 Å². The molecule has 4 aromatic rings. The second kappa shape index (κ2) is 8.49. The number of carbonyl (C=O) groups is 1. The molecule has 1 heterocycles. The van der Waals surface area contributed by atoms with Crippen molar-refractivity contribution in [3.05, 3.63) is 88.2 Å². The summed E-state index contributed by atoms with van der Waals surface area (Å²) in [4.78, 5) is 17.2. The van der Waals surface area contributed by atoms with Crippen molar-refractivity contribution in [3.63, 3.8) is 0 Å². The van der Waals surface area contributed by atoms with Gasteiger partial charge in [-0.25, -0.2) is 4.98 Å². The molecule has 0 saturated carbocycles. The van der Waals surface area contributed by atoms with Crippen molar-refractivity contribution in [2.24, 2.45) is 0 Å². The van der Waals surface area contributed by atoms with E-state index >= 15 is 0 Å². The normalized spacial score (nSPS) is 10.8. The summed E-state index contributed by atoms with van der Waals surface area (Å²) < 4.78 is 12.1. The first-order valence-electron chi connectivity index (χ1n) is 9.29. The largest absolute Gasteiger partial charge is 0.493 e. The molecule has 0 saturated heterocycles. The van der Waals surface area contributed by atoms with E-state index in [4.69, 9.17) is 9.15 Å². The predicted molar refractivity (Wildman–Crippen MR) is 117 cm³/mol. The molecule has 3 aromatic carbocycles. The highest BCUT2D eigenvalue weighted by Gasteiger charge is 2.12. The van der Waals surface area contributed by atoms with Gasteiger partial charge >= 0.3 is 0 Å². The molecule has 1 amide bonds. The molecule has 29 heavy (non-hydrogen) atoms. The maximum atomic E-state index is 12.6. The zero-order valence-electron chi connectivity index (χ0n) is 15.8. The summed E-state index contributed by atoms with van der Waals surface area (Å²) in [6.07, 6.45) is 0.622. The van der Waals surface area contributed by atoms with Crippen molar-refractivity contribution in [3.8, 4) is 5.75 Å². The van der Waals surface area contributed by atoms with Gasteiger partial charge in [0.05, 0.1) is 11.1 Å². The van der Waals surface area contributed by atoms with Crippen molar-refractivity contribution >= 4 is 38.6 Å². The zero-order chi connectivity index (χ0) is 20.2. The standard InChI is InChI=1S/C23H19BrN2O3/c1-2-28-20-10-8-16(13-18(20)24)23(27)25-17-9-11-21-19(14-17)26-22(29-21)12-15-6-4-3-5-7-15/h3-11,13-14H,2,12H2,1H3,(H,25,27). The molecule has 1 aromatic heterocycles. The molecule has 0 spiro atoms. The summed E-state index contributed by atoms with van der Waals surface area (Å²) >= 11 is 3.44. The summed E-state index contributed by atoms with van der Waals surface area (Å²) in [7, 11) is 0. The number of halogens is 1. The Morgan fingerprint density at radius 3 is 2.69 bits per heavy atom. The number of hydrogen-bond acceptors (Lipinski definition) is 4. The van der Waals surface area contributed by atoms with E-state index in [1.165, 1.54) is 0 Å². The lowest BCUT2D eigenvalue weighted by atomic mass is 10.1.